The molecule has 2 heteroatoms. The lowest BCUT2D eigenvalue weighted by Crippen LogP contribution is -2.11. The van der Waals surface area contributed by atoms with Crippen LogP contribution in [0.5, 0.6) is 0 Å². The fourth-order valence-corrected chi connectivity index (χ4v) is 9.55. The summed E-state index contributed by atoms with van der Waals surface area (Å²) >= 11 is 0. The monoisotopic (exact) mass is 783 g/mol. The average molecular weight is 784 g/mol. The highest BCUT2D eigenvalue weighted by atomic mass is 16.3. The first kappa shape index (κ1) is 36.6. The van der Waals surface area contributed by atoms with E-state index in [9.17, 15) is 0 Å². The van der Waals surface area contributed by atoms with Gasteiger partial charge in [-0.15, -0.1) is 0 Å². The van der Waals surface area contributed by atoms with Crippen molar-refractivity contribution in [3.8, 4) is 22.3 Å². The minimum absolute atomic E-state index is 0.186. The Morgan fingerprint density at radius 1 is 0.557 bits per heavy atom. The summed E-state index contributed by atoms with van der Waals surface area (Å²) in [6.45, 7) is 2.32. The fourth-order valence-electron chi connectivity index (χ4n) is 9.55. The number of hydrogen-bond acceptors (Lipinski definition) is 2. The maximum Gasteiger partial charge on any atom is 0.143 e. The highest BCUT2D eigenvalue weighted by Crippen LogP contribution is 2.44. The summed E-state index contributed by atoms with van der Waals surface area (Å²) in [5.41, 5.74) is 16.3. The summed E-state index contributed by atoms with van der Waals surface area (Å²) in [5.74, 6) is 0.509. The van der Waals surface area contributed by atoms with E-state index < -0.39 is 0 Å². The second-order valence-corrected chi connectivity index (χ2v) is 16.4. The predicted octanol–water partition coefficient (Wildman–Crippen LogP) is 16.6. The first-order chi connectivity index (χ1) is 30.2. The third-order valence-corrected chi connectivity index (χ3v) is 12.7. The summed E-state index contributed by atoms with van der Waals surface area (Å²) in [4.78, 5) is 2.39. The minimum Gasteiger partial charge on any atom is -0.455 e. The molecule has 0 fully saturated rings. The van der Waals surface area contributed by atoms with Crippen molar-refractivity contribution >= 4 is 60.9 Å². The van der Waals surface area contributed by atoms with E-state index in [2.05, 4.69) is 230 Å². The Bertz CT molecular complexity index is 3190. The number of benzene rings is 8. The molecule has 0 N–H and O–H groups in total. The van der Waals surface area contributed by atoms with Gasteiger partial charge >= 0.3 is 0 Å². The quantitative estimate of drug-likeness (QED) is 0.153. The molecule has 2 aliphatic rings. The van der Waals surface area contributed by atoms with E-state index in [1.54, 1.807) is 0 Å². The molecule has 0 spiro atoms. The van der Waals surface area contributed by atoms with Gasteiger partial charge in [-0.25, -0.2) is 0 Å². The van der Waals surface area contributed by atoms with Crippen molar-refractivity contribution in [2.24, 2.45) is 5.92 Å². The fraction of sp³-hybridized carbons (Fsp3) is 0.0847. The average Bonchev–Trinajstić information content (AvgIpc) is 3.72. The van der Waals surface area contributed by atoms with Crippen molar-refractivity contribution in [1.29, 1.82) is 0 Å². The summed E-state index contributed by atoms with van der Waals surface area (Å²) in [6.07, 6.45) is 16.0. The SMILES string of the molecule is CC1C=CC(c2ccc(N(c3ccc(C4=CC=CCC4)cc3)c3cccc(-c4cccc5ccccc45)c3)cc2)=CC1c1cccc2oc3c(-c4ccccc4)cccc3c12. The number of anilines is 3. The Morgan fingerprint density at radius 2 is 1.25 bits per heavy atom. The van der Waals surface area contributed by atoms with Gasteiger partial charge in [0, 0.05) is 39.3 Å². The number of furan rings is 1. The van der Waals surface area contributed by atoms with Crippen LogP contribution in [0, 0.1) is 5.92 Å². The Hall–Kier alpha value is -7.42. The van der Waals surface area contributed by atoms with Gasteiger partial charge in [0.05, 0.1) is 0 Å². The number of para-hydroxylation sites is 1. The maximum atomic E-state index is 6.66. The van der Waals surface area contributed by atoms with Crippen molar-refractivity contribution in [2.75, 3.05) is 4.90 Å². The van der Waals surface area contributed by atoms with Gasteiger partial charge in [-0.3, -0.25) is 0 Å². The Balaban J connectivity index is 0.970. The second kappa shape index (κ2) is 15.6. The van der Waals surface area contributed by atoms with Crippen LogP contribution >= 0.6 is 0 Å². The summed E-state index contributed by atoms with van der Waals surface area (Å²) < 4.78 is 6.66. The standard InChI is InChI=1S/C59H45NO/c1-40-28-29-46(39-56(40)54-25-13-27-57-58(54)55-26-12-24-53(59(55)61-57)45-16-6-3-7-17-45)43-32-36-49(37-33-43)60(48-34-30-42(31-35-48)41-14-4-2-5-15-41)50-21-10-20-47(38-50)52-23-11-19-44-18-8-9-22-51(44)52/h2-4,6-14,16-40,56H,5,15H2,1H3. The van der Waals surface area contributed by atoms with E-state index in [1.807, 2.05) is 0 Å². The minimum atomic E-state index is 0.186. The molecular weight excluding hydrogens is 739 g/mol. The number of hydrogen-bond donors (Lipinski definition) is 0. The molecule has 2 aliphatic carbocycles. The van der Waals surface area contributed by atoms with Crippen LogP contribution in [0.15, 0.2) is 223 Å². The van der Waals surface area contributed by atoms with Crippen molar-refractivity contribution < 1.29 is 4.42 Å². The van der Waals surface area contributed by atoms with Crippen molar-refractivity contribution in [2.45, 2.75) is 25.7 Å². The molecule has 0 aliphatic heterocycles. The second-order valence-electron chi connectivity index (χ2n) is 16.4. The lowest BCUT2D eigenvalue weighted by molar-refractivity contribution is 0.639. The molecule has 0 bridgehead atoms. The molecule has 9 aromatic rings. The maximum absolute atomic E-state index is 6.66. The van der Waals surface area contributed by atoms with Gasteiger partial charge in [-0.1, -0.05) is 183 Å². The van der Waals surface area contributed by atoms with Gasteiger partial charge in [0.1, 0.15) is 11.2 Å². The van der Waals surface area contributed by atoms with E-state index in [0.717, 1.165) is 57.6 Å². The lowest BCUT2D eigenvalue weighted by atomic mass is 9.79. The third kappa shape index (κ3) is 6.81. The molecule has 1 aromatic heterocycles. The molecule has 0 amide bonds. The normalized spacial score (nSPS) is 16.2. The number of rotatable bonds is 8. The molecule has 11 rings (SSSR count). The zero-order valence-electron chi connectivity index (χ0n) is 34.2. The van der Waals surface area contributed by atoms with Crippen molar-refractivity contribution in [3.63, 3.8) is 0 Å². The topological polar surface area (TPSA) is 16.4 Å². The first-order valence-electron chi connectivity index (χ1n) is 21.5. The zero-order chi connectivity index (χ0) is 40.7. The zero-order valence-corrected chi connectivity index (χ0v) is 34.2. The molecule has 0 radical (unpaired) electrons. The van der Waals surface area contributed by atoms with Gasteiger partial charge in [-0.05, 0) is 117 Å². The van der Waals surface area contributed by atoms with Crippen LogP contribution in [-0.4, -0.2) is 0 Å². The third-order valence-electron chi connectivity index (χ3n) is 12.7. The summed E-state index contributed by atoms with van der Waals surface area (Å²) in [6, 6.07) is 66.1. The van der Waals surface area contributed by atoms with Crippen LogP contribution in [0.2, 0.25) is 0 Å². The van der Waals surface area contributed by atoms with E-state index in [-0.39, 0.29) is 5.92 Å². The van der Waals surface area contributed by atoms with Gasteiger partial charge in [0.15, 0.2) is 0 Å². The molecule has 2 atom stereocenters. The van der Waals surface area contributed by atoms with E-state index in [0.29, 0.717) is 5.92 Å². The highest BCUT2D eigenvalue weighted by Gasteiger charge is 2.25. The first-order valence-corrected chi connectivity index (χ1v) is 21.5. The smallest absolute Gasteiger partial charge is 0.143 e. The Kier molecular flexibility index (Phi) is 9.39. The van der Waals surface area contributed by atoms with Crippen LogP contribution < -0.4 is 4.90 Å². The number of fused-ring (bicyclic) bond motifs is 4. The van der Waals surface area contributed by atoms with Crippen LogP contribution in [0.4, 0.5) is 17.1 Å². The van der Waals surface area contributed by atoms with Crippen molar-refractivity contribution in [3.05, 3.63) is 235 Å². The summed E-state index contributed by atoms with van der Waals surface area (Å²) in [5, 5.41) is 4.87. The lowest BCUT2D eigenvalue weighted by Gasteiger charge is -2.27. The van der Waals surface area contributed by atoms with Crippen LogP contribution in [0.25, 0.3) is 66.1 Å². The number of nitrogens with zero attached hydrogens (tertiary/aromatic N) is 1. The van der Waals surface area contributed by atoms with Gasteiger partial charge in [-0.2, -0.15) is 0 Å². The largest absolute Gasteiger partial charge is 0.455 e. The molecule has 1 heterocycles. The molecule has 61 heavy (non-hydrogen) atoms. The van der Waals surface area contributed by atoms with Crippen LogP contribution in [0.3, 0.4) is 0 Å². The molecule has 2 unspecified atom stereocenters. The molecule has 0 saturated carbocycles. The molecular formula is C59H45NO. The Labute approximate surface area is 357 Å². The van der Waals surface area contributed by atoms with E-state index >= 15 is 0 Å². The number of allylic oxidation sites excluding steroid dienone is 8. The van der Waals surface area contributed by atoms with Crippen LogP contribution in [-0.2, 0) is 0 Å². The van der Waals surface area contributed by atoms with Crippen molar-refractivity contribution in [1.82, 2.24) is 0 Å². The molecule has 2 nitrogen and oxygen atoms in total. The van der Waals surface area contributed by atoms with Gasteiger partial charge < -0.3 is 9.32 Å². The van der Waals surface area contributed by atoms with Crippen LogP contribution in [0.1, 0.15) is 42.4 Å². The molecule has 0 saturated heterocycles. The summed E-state index contributed by atoms with van der Waals surface area (Å²) in [7, 11) is 0. The van der Waals surface area contributed by atoms with Gasteiger partial charge in [0.2, 0.25) is 0 Å². The molecule has 8 aromatic carbocycles. The van der Waals surface area contributed by atoms with E-state index in [4.69, 9.17) is 4.42 Å². The van der Waals surface area contributed by atoms with E-state index in [1.165, 1.54) is 55.1 Å². The predicted molar refractivity (Wildman–Crippen MR) is 259 cm³/mol. The van der Waals surface area contributed by atoms with Gasteiger partial charge in [0.25, 0.3) is 0 Å². The highest BCUT2D eigenvalue weighted by molar-refractivity contribution is 6.11. The molecule has 292 valence electrons. The Morgan fingerprint density at radius 3 is 2.07 bits per heavy atom.